The number of aryl methyl sites for hydroxylation is 2. The average Bonchev–Trinajstić information content (AvgIpc) is 3.03. The van der Waals surface area contributed by atoms with Gasteiger partial charge >= 0.3 is 0 Å². The maximum Gasteiger partial charge on any atom is 0.229 e. The van der Waals surface area contributed by atoms with Gasteiger partial charge in [-0.15, -0.1) is 0 Å². The monoisotopic (exact) mass is 415 g/mol. The summed E-state index contributed by atoms with van der Waals surface area (Å²) in [4.78, 5) is 13.6. The van der Waals surface area contributed by atoms with Crippen LogP contribution in [0.5, 0.6) is 0 Å². The molecule has 0 bridgehead atoms. The van der Waals surface area contributed by atoms with E-state index < -0.39 is 0 Å². The van der Waals surface area contributed by atoms with Gasteiger partial charge in [0.15, 0.2) is 5.58 Å². The van der Waals surface area contributed by atoms with E-state index in [0.29, 0.717) is 27.1 Å². The summed E-state index contributed by atoms with van der Waals surface area (Å²) >= 11 is 13.8. The fourth-order valence-corrected chi connectivity index (χ4v) is 4.98. The van der Waals surface area contributed by atoms with Crippen molar-refractivity contribution < 1.29 is 4.42 Å². The summed E-state index contributed by atoms with van der Waals surface area (Å²) in [5.41, 5.74) is 5.64. The molecule has 0 N–H and O–H groups in total. The van der Waals surface area contributed by atoms with Crippen molar-refractivity contribution in [2.24, 2.45) is 0 Å². The van der Waals surface area contributed by atoms with Crippen molar-refractivity contribution in [3.63, 3.8) is 0 Å². The smallest absolute Gasteiger partial charge is 0.229 e. The van der Waals surface area contributed by atoms with E-state index in [9.17, 15) is 0 Å². The van der Waals surface area contributed by atoms with E-state index >= 15 is 0 Å². The highest BCUT2D eigenvalue weighted by Gasteiger charge is 2.19. The van der Waals surface area contributed by atoms with Gasteiger partial charge in [-0.1, -0.05) is 41.0 Å². The van der Waals surface area contributed by atoms with Crippen LogP contribution in [-0.4, -0.2) is 15.0 Å². The highest BCUT2D eigenvalue weighted by molar-refractivity contribution is 7.98. The van der Waals surface area contributed by atoms with Gasteiger partial charge in [0, 0.05) is 21.5 Å². The van der Waals surface area contributed by atoms with Crippen molar-refractivity contribution in [1.82, 2.24) is 15.0 Å². The lowest BCUT2D eigenvalue weighted by Gasteiger charge is -2.13. The summed E-state index contributed by atoms with van der Waals surface area (Å²) in [6.45, 7) is 0. The topological polar surface area (TPSA) is 51.8 Å². The largest absolute Gasteiger partial charge is 0.433 e. The first kappa shape index (κ1) is 17.3. The number of benzene rings is 1. The normalized spacial score (nSPS) is 14.0. The van der Waals surface area contributed by atoms with Crippen LogP contribution in [0.2, 0.25) is 10.0 Å². The van der Waals surface area contributed by atoms with Crippen LogP contribution in [0.4, 0.5) is 0 Å². The summed E-state index contributed by atoms with van der Waals surface area (Å²) in [6.07, 6.45) is 6.09. The van der Waals surface area contributed by atoms with E-state index in [-0.39, 0.29) is 0 Å². The minimum Gasteiger partial charge on any atom is -0.433 e. The molecule has 0 atom stereocenters. The van der Waals surface area contributed by atoms with Crippen LogP contribution in [0.25, 0.3) is 22.2 Å². The fourth-order valence-electron chi connectivity index (χ4n) is 3.49. The fraction of sp³-hybridized carbons (Fsp3) is 0.250. The third-order valence-corrected chi connectivity index (χ3v) is 6.48. The zero-order valence-electron chi connectivity index (χ0n) is 14.3. The van der Waals surface area contributed by atoms with Crippen LogP contribution in [0.15, 0.2) is 40.0 Å². The first-order valence-corrected chi connectivity index (χ1v) is 10.6. The van der Waals surface area contributed by atoms with Crippen molar-refractivity contribution in [3.8, 4) is 0 Å². The first-order valence-electron chi connectivity index (χ1n) is 8.82. The minimum absolute atomic E-state index is 0.630. The number of aromatic nitrogens is 3. The molecule has 3 aromatic heterocycles. The molecule has 0 saturated heterocycles. The molecule has 7 heteroatoms. The van der Waals surface area contributed by atoms with Crippen molar-refractivity contribution in [2.75, 3.05) is 0 Å². The number of nitrogens with zero attached hydrogens (tertiary/aromatic N) is 3. The summed E-state index contributed by atoms with van der Waals surface area (Å²) in [7, 11) is 0. The first-order chi connectivity index (χ1) is 13.2. The number of hydrogen-bond donors (Lipinski definition) is 0. The van der Waals surface area contributed by atoms with Crippen molar-refractivity contribution in [1.29, 1.82) is 0 Å². The Hall–Kier alpha value is -1.82. The van der Waals surface area contributed by atoms with Gasteiger partial charge in [0.05, 0.1) is 5.39 Å². The molecule has 1 aromatic carbocycles. The molecule has 0 saturated carbocycles. The highest BCUT2D eigenvalue weighted by atomic mass is 35.5. The number of fused-ring (bicyclic) bond motifs is 4. The molecule has 0 aliphatic heterocycles. The van der Waals surface area contributed by atoms with E-state index in [1.165, 1.54) is 18.4 Å². The molecule has 0 fully saturated rings. The van der Waals surface area contributed by atoms with Crippen molar-refractivity contribution in [2.45, 2.75) is 36.5 Å². The van der Waals surface area contributed by atoms with E-state index in [0.717, 1.165) is 40.0 Å². The molecule has 27 heavy (non-hydrogen) atoms. The van der Waals surface area contributed by atoms with Gasteiger partial charge in [-0.2, -0.15) is 0 Å². The van der Waals surface area contributed by atoms with Gasteiger partial charge in [0.1, 0.15) is 16.9 Å². The van der Waals surface area contributed by atoms with Crippen LogP contribution in [0.3, 0.4) is 0 Å². The molecule has 136 valence electrons. The maximum atomic E-state index is 6.29. The average molecular weight is 416 g/mol. The van der Waals surface area contributed by atoms with Crippen molar-refractivity contribution >= 4 is 57.2 Å². The molecular weight excluding hydrogens is 401 g/mol. The Kier molecular flexibility index (Phi) is 4.46. The lowest BCUT2D eigenvalue weighted by Crippen LogP contribution is -2.04. The van der Waals surface area contributed by atoms with Crippen LogP contribution in [0, 0.1) is 0 Å². The molecule has 0 spiro atoms. The van der Waals surface area contributed by atoms with Gasteiger partial charge in [0.25, 0.3) is 0 Å². The zero-order valence-corrected chi connectivity index (χ0v) is 16.7. The molecule has 1 aliphatic carbocycles. The Labute approximate surface area is 170 Å². The quantitative estimate of drug-likeness (QED) is 0.292. The van der Waals surface area contributed by atoms with E-state index in [2.05, 4.69) is 16.0 Å². The number of hydrogen-bond acceptors (Lipinski definition) is 5. The van der Waals surface area contributed by atoms with E-state index in [1.54, 1.807) is 24.2 Å². The molecule has 5 rings (SSSR count). The lowest BCUT2D eigenvalue weighted by atomic mass is 9.95. The molecule has 0 radical (unpaired) electrons. The Balaban J connectivity index is 1.54. The van der Waals surface area contributed by atoms with Gasteiger partial charge in [-0.05, 0) is 55.0 Å². The van der Waals surface area contributed by atoms with Crippen LogP contribution >= 0.6 is 35.0 Å². The molecule has 1 aliphatic rings. The van der Waals surface area contributed by atoms with Gasteiger partial charge in [-0.25, -0.2) is 15.0 Å². The van der Waals surface area contributed by atoms with Gasteiger partial charge in [0.2, 0.25) is 5.71 Å². The zero-order chi connectivity index (χ0) is 18.4. The third-order valence-electron chi connectivity index (χ3n) is 4.87. The standard InChI is InChI=1S/C20H15Cl2N3OS/c21-13-6-5-12(15(22)8-13)9-27-20-18-17(23-10-24-20)14-7-11-3-1-2-4-16(11)25-19(14)26-18/h5-8,10H,1-4,9H2. The van der Waals surface area contributed by atoms with Crippen LogP contribution < -0.4 is 0 Å². The van der Waals surface area contributed by atoms with Crippen LogP contribution in [0.1, 0.15) is 29.7 Å². The molecule has 3 heterocycles. The Morgan fingerprint density at radius 3 is 2.85 bits per heavy atom. The Morgan fingerprint density at radius 1 is 1.07 bits per heavy atom. The third kappa shape index (κ3) is 3.18. The van der Waals surface area contributed by atoms with E-state index in [1.807, 2.05) is 12.1 Å². The molecular formula is C20H15Cl2N3OS. The second-order valence-electron chi connectivity index (χ2n) is 6.64. The molecule has 0 amide bonds. The number of rotatable bonds is 3. The second kappa shape index (κ2) is 6.97. The second-order valence-corrected chi connectivity index (χ2v) is 8.44. The molecule has 4 aromatic rings. The highest BCUT2D eigenvalue weighted by Crippen LogP contribution is 2.36. The summed E-state index contributed by atoms with van der Waals surface area (Å²) in [6, 6.07) is 7.73. The predicted molar refractivity (Wildman–Crippen MR) is 110 cm³/mol. The number of thioether (sulfide) groups is 1. The summed E-state index contributed by atoms with van der Waals surface area (Å²) < 4.78 is 6.08. The van der Waals surface area contributed by atoms with Crippen LogP contribution in [-0.2, 0) is 18.6 Å². The predicted octanol–water partition coefficient (Wildman–Crippen LogP) is 6.25. The summed E-state index contributed by atoms with van der Waals surface area (Å²) in [5, 5.41) is 3.05. The Morgan fingerprint density at radius 2 is 1.96 bits per heavy atom. The number of halogens is 2. The van der Waals surface area contributed by atoms with Crippen molar-refractivity contribution in [3.05, 3.63) is 57.5 Å². The minimum atomic E-state index is 0.630. The SMILES string of the molecule is Clc1ccc(CSc2ncnc3c2oc2nc4c(cc23)CCCC4)c(Cl)c1. The molecule has 4 nitrogen and oxygen atoms in total. The van der Waals surface area contributed by atoms with E-state index in [4.69, 9.17) is 32.6 Å². The molecule has 0 unspecified atom stereocenters. The van der Waals surface area contributed by atoms with Gasteiger partial charge in [-0.3, -0.25) is 0 Å². The lowest BCUT2D eigenvalue weighted by molar-refractivity contribution is 0.624. The van der Waals surface area contributed by atoms with Gasteiger partial charge < -0.3 is 4.42 Å². The maximum absolute atomic E-state index is 6.29. The number of furan rings is 1. The summed E-state index contributed by atoms with van der Waals surface area (Å²) in [5.74, 6) is 0.670. The Bertz CT molecular complexity index is 1180. The number of pyridine rings is 1.